The Bertz CT molecular complexity index is 1380. The van der Waals surface area contributed by atoms with Crippen LogP contribution in [0.3, 0.4) is 0 Å². The van der Waals surface area contributed by atoms with Crippen molar-refractivity contribution in [2.45, 2.75) is 13.8 Å². The minimum absolute atomic E-state index is 0.0863. The molecule has 0 fully saturated rings. The fraction of sp³-hybridized carbons (Fsp3) is 0.455. The molecule has 0 saturated heterocycles. The summed E-state index contributed by atoms with van der Waals surface area (Å²) in [7, 11) is -6.56. The molecule has 0 aromatic carbocycles. The molecule has 2 heterocycles. The van der Waals surface area contributed by atoms with Crippen LogP contribution in [-0.4, -0.2) is 86.3 Å². The number of nitrogens with one attached hydrogen (secondary N) is 2. The molecule has 208 valence electrons. The number of aryl methyl sites for hydroxylation is 2. The third-order valence-electron chi connectivity index (χ3n) is 4.81. The standard InChI is InChI=1S/2C11H14ClN3O3S/c1-8-6-10(15-11(12)9(8)7-13)14-2-4-19(17,18)5-3-16;1-8-6-10(12)15-11(9(8)7-13)14-2-4-19(17,18)5-3-16/h2*6,16H,2-5H2,1H3,(H,14,15). The Balaban J connectivity index is 0.000000380. The average Bonchev–Trinajstić information content (AvgIpc) is 2.79. The molecule has 0 radical (unpaired) electrons. The Hall–Kier alpha value is -2.72. The van der Waals surface area contributed by atoms with Crippen LogP contribution in [0.15, 0.2) is 12.1 Å². The molecular formula is C22H28Cl2N6O6S2. The molecule has 0 unspecified atom stereocenters. The summed E-state index contributed by atoms with van der Waals surface area (Å²) in [5.74, 6) is -0.0957. The first-order chi connectivity index (χ1) is 17.8. The highest BCUT2D eigenvalue weighted by atomic mass is 35.5. The topological polar surface area (TPSA) is 206 Å². The van der Waals surface area contributed by atoms with E-state index in [0.29, 0.717) is 28.1 Å². The van der Waals surface area contributed by atoms with E-state index < -0.39 is 26.3 Å². The minimum atomic E-state index is -3.30. The lowest BCUT2D eigenvalue weighted by Crippen LogP contribution is -2.20. The summed E-state index contributed by atoms with van der Waals surface area (Å²) < 4.78 is 45.5. The van der Waals surface area contributed by atoms with E-state index in [4.69, 9.17) is 43.9 Å². The van der Waals surface area contributed by atoms with Crippen molar-refractivity contribution in [2.75, 3.05) is 59.9 Å². The maximum atomic E-state index is 11.4. The fourth-order valence-electron chi connectivity index (χ4n) is 2.90. The number of rotatable bonds is 12. The molecule has 0 aliphatic heterocycles. The lowest BCUT2D eigenvalue weighted by Gasteiger charge is -2.09. The van der Waals surface area contributed by atoms with Crippen LogP contribution in [0.25, 0.3) is 0 Å². The number of halogens is 2. The molecule has 12 nitrogen and oxygen atoms in total. The number of aliphatic hydroxyl groups excluding tert-OH is 2. The Labute approximate surface area is 232 Å². The summed E-state index contributed by atoms with van der Waals surface area (Å²) in [5.41, 5.74) is 1.98. The van der Waals surface area contributed by atoms with E-state index in [9.17, 15) is 16.8 Å². The zero-order valence-electron chi connectivity index (χ0n) is 20.7. The molecule has 2 rings (SSSR count). The highest BCUT2D eigenvalue weighted by molar-refractivity contribution is 7.91. The van der Waals surface area contributed by atoms with Crippen molar-refractivity contribution >= 4 is 54.5 Å². The molecule has 16 heteroatoms. The molecule has 0 atom stereocenters. The SMILES string of the molecule is Cc1cc(Cl)nc(NCCS(=O)(=O)CCO)c1C#N.Cc1cc(NCCS(=O)(=O)CCO)nc(Cl)c1C#N. The van der Waals surface area contributed by atoms with Crippen LogP contribution in [0.4, 0.5) is 11.6 Å². The number of hydrogen-bond acceptors (Lipinski definition) is 12. The van der Waals surface area contributed by atoms with Gasteiger partial charge in [0.2, 0.25) is 0 Å². The lowest BCUT2D eigenvalue weighted by atomic mass is 10.1. The number of nitriles is 2. The molecule has 0 spiro atoms. The highest BCUT2D eigenvalue weighted by Crippen LogP contribution is 2.21. The van der Waals surface area contributed by atoms with Crippen molar-refractivity contribution in [1.82, 2.24) is 9.97 Å². The summed E-state index contributed by atoms with van der Waals surface area (Å²) in [6, 6.07) is 7.12. The van der Waals surface area contributed by atoms with Gasteiger partial charge in [0.1, 0.15) is 34.1 Å². The second-order valence-electron chi connectivity index (χ2n) is 7.80. The number of nitrogens with zero attached hydrogens (tertiary/aromatic N) is 4. The number of sulfone groups is 2. The molecule has 2 aromatic rings. The Morgan fingerprint density at radius 2 is 1.32 bits per heavy atom. The van der Waals surface area contributed by atoms with Crippen LogP contribution in [0.5, 0.6) is 0 Å². The molecule has 0 saturated carbocycles. The first kappa shape index (κ1) is 33.3. The summed E-state index contributed by atoms with van der Waals surface area (Å²) in [6.45, 7) is 2.92. The largest absolute Gasteiger partial charge is 0.395 e. The second kappa shape index (κ2) is 15.6. The summed E-state index contributed by atoms with van der Waals surface area (Å²) in [6.07, 6.45) is 0. The van der Waals surface area contributed by atoms with Gasteiger partial charge >= 0.3 is 0 Å². The van der Waals surface area contributed by atoms with Gasteiger partial charge in [-0.25, -0.2) is 26.8 Å². The van der Waals surface area contributed by atoms with Gasteiger partial charge < -0.3 is 20.8 Å². The zero-order valence-corrected chi connectivity index (χ0v) is 23.8. The van der Waals surface area contributed by atoms with E-state index >= 15 is 0 Å². The number of aromatic nitrogens is 2. The minimum Gasteiger partial charge on any atom is -0.395 e. The van der Waals surface area contributed by atoms with Gasteiger partial charge in [0.25, 0.3) is 0 Å². The third kappa shape index (κ3) is 11.3. The van der Waals surface area contributed by atoms with Crippen LogP contribution < -0.4 is 10.6 Å². The van der Waals surface area contributed by atoms with Crippen LogP contribution in [-0.2, 0) is 19.7 Å². The van der Waals surface area contributed by atoms with Gasteiger partial charge in [-0.3, -0.25) is 0 Å². The number of aliphatic hydroxyl groups is 2. The molecule has 0 amide bonds. The van der Waals surface area contributed by atoms with Gasteiger partial charge in [-0.1, -0.05) is 23.2 Å². The third-order valence-corrected chi connectivity index (χ3v) is 8.54. The Morgan fingerprint density at radius 3 is 1.79 bits per heavy atom. The Morgan fingerprint density at radius 1 is 0.816 bits per heavy atom. The zero-order chi connectivity index (χ0) is 28.9. The van der Waals surface area contributed by atoms with Gasteiger partial charge in [0, 0.05) is 13.1 Å². The normalized spacial score (nSPS) is 11.1. The summed E-state index contributed by atoms with van der Waals surface area (Å²) in [4.78, 5) is 7.92. The first-order valence-corrected chi connectivity index (χ1v) is 15.4. The van der Waals surface area contributed by atoms with Gasteiger partial charge in [-0.15, -0.1) is 0 Å². The van der Waals surface area contributed by atoms with Crippen LogP contribution >= 0.6 is 23.2 Å². The van der Waals surface area contributed by atoms with E-state index in [0.717, 1.165) is 0 Å². The smallest absolute Gasteiger partial charge is 0.154 e. The second-order valence-corrected chi connectivity index (χ2v) is 13.2. The van der Waals surface area contributed by atoms with Gasteiger partial charge in [0.05, 0.1) is 47.4 Å². The lowest BCUT2D eigenvalue weighted by molar-refractivity contribution is 0.319. The Kier molecular flexibility index (Phi) is 13.7. The maximum Gasteiger partial charge on any atom is 0.154 e. The van der Waals surface area contributed by atoms with E-state index in [-0.39, 0.29) is 58.8 Å². The molecular weight excluding hydrogens is 579 g/mol. The number of anilines is 2. The fourth-order valence-corrected chi connectivity index (χ4v) is 5.22. The van der Waals surface area contributed by atoms with Crippen molar-refractivity contribution in [1.29, 1.82) is 10.5 Å². The van der Waals surface area contributed by atoms with Crippen molar-refractivity contribution in [2.24, 2.45) is 0 Å². The number of pyridine rings is 2. The molecule has 2 aromatic heterocycles. The van der Waals surface area contributed by atoms with E-state index in [1.807, 2.05) is 12.1 Å². The molecule has 0 aliphatic carbocycles. The predicted molar refractivity (Wildman–Crippen MR) is 146 cm³/mol. The summed E-state index contributed by atoms with van der Waals surface area (Å²) >= 11 is 11.6. The highest BCUT2D eigenvalue weighted by Gasteiger charge is 2.13. The van der Waals surface area contributed by atoms with Crippen LogP contribution in [0.2, 0.25) is 10.3 Å². The average molecular weight is 608 g/mol. The molecule has 38 heavy (non-hydrogen) atoms. The molecule has 0 aliphatic rings. The first-order valence-electron chi connectivity index (χ1n) is 11.0. The van der Waals surface area contributed by atoms with Crippen molar-refractivity contribution < 1.29 is 27.0 Å². The quantitative estimate of drug-likeness (QED) is 0.253. The van der Waals surface area contributed by atoms with E-state index in [1.165, 1.54) is 0 Å². The van der Waals surface area contributed by atoms with Crippen LogP contribution in [0, 0.1) is 36.5 Å². The monoisotopic (exact) mass is 606 g/mol. The predicted octanol–water partition coefficient (Wildman–Crippen LogP) is 1.47. The van der Waals surface area contributed by atoms with Crippen molar-refractivity contribution in [3.63, 3.8) is 0 Å². The molecule has 4 N–H and O–H groups in total. The van der Waals surface area contributed by atoms with Gasteiger partial charge in [-0.05, 0) is 37.1 Å². The van der Waals surface area contributed by atoms with Crippen LogP contribution in [0.1, 0.15) is 22.3 Å². The van der Waals surface area contributed by atoms with Crippen molar-refractivity contribution in [3.8, 4) is 12.1 Å². The van der Waals surface area contributed by atoms with Gasteiger partial charge in [-0.2, -0.15) is 10.5 Å². The van der Waals surface area contributed by atoms with Crippen molar-refractivity contribution in [3.05, 3.63) is 44.7 Å². The van der Waals surface area contributed by atoms with Gasteiger partial charge in [0.15, 0.2) is 19.7 Å². The van der Waals surface area contributed by atoms with E-state index in [1.54, 1.807) is 26.0 Å². The van der Waals surface area contributed by atoms with E-state index in [2.05, 4.69) is 20.6 Å². The number of hydrogen-bond donors (Lipinski definition) is 4. The summed E-state index contributed by atoms with van der Waals surface area (Å²) in [5, 5.41) is 41.0. The maximum absolute atomic E-state index is 11.4. The molecule has 0 bridgehead atoms.